The van der Waals surface area contributed by atoms with Crippen LogP contribution in [0.25, 0.3) is 6.08 Å². The highest BCUT2D eigenvalue weighted by molar-refractivity contribution is 6.01. The van der Waals surface area contributed by atoms with Gasteiger partial charge in [-0.3, -0.25) is 4.79 Å². The van der Waals surface area contributed by atoms with Crippen LogP contribution in [-0.2, 0) is 14.9 Å². The molecule has 0 aliphatic rings. The second-order valence-electron chi connectivity index (χ2n) is 7.55. The first-order valence-electron chi connectivity index (χ1n) is 9.14. The van der Waals surface area contributed by atoms with E-state index in [-0.39, 0.29) is 16.9 Å². The van der Waals surface area contributed by atoms with Crippen molar-refractivity contribution in [3.63, 3.8) is 0 Å². The standard InChI is InChI=1S/C23H24F2O4/c1-15(21(27)17-8-10-18(11-9-17)23(2,3)4)28-20(26)14-7-16-5-12-19(13-6-16)29-22(24)25/h5-15,22H,1-4H3/b14-7+/t15-/m0/s1. The van der Waals surface area contributed by atoms with Gasteiger partial charge in [0.25, 0.3) is 0 Å². The van der Waals surface area contributed by atoms with Crippen LogP contribution >= 0.6 is 0 Å². The predicted molar refractivity (Wildman–Crippen MR) is 107 cm³/mol. The minimum absolute atomic E-state index is 0.0196. The first kappa shape index (κ1) is 22.3. The van der Waals surface area contributed by atoms with E-state index >= 15 is 0 Å². The van der Waals surface area contributed by atoms with Crippen LogP contribution in [0.1, 0.15) is 49.2 Å². The van der Waals surface area contributed by atoms with Crippen LogP contribution in [0.2, 0.25) is 0 Å². The smallest absolute Gasteiger partial charge is 0.387 e. The molecule has 2 aromatic rings. The fourth-order valence-corrected chi connectivity index (χ4v) is 2.56. The molecule has 4 nitrogen and oxygen atoms in total. The summed E-state index contributed by atoms with van der Waals surface area (Å²) in [5.74, 6) is -0.942. The Morgan fingerprint density at radius 1 is 0.966 bits per heavy atom. The lowest BCUT2D eigenvalue weighted by atomic mass is 9.86. The highest BCUT2D eigenvalue weighted by Crippen LogP contribution is 2.22. The van der Waals surface area contributed by atoms with E-state index in [0.29, 0.717) is 11.1 Å². The molecule has 2 aromatic carbocycles. The van der Waals surface area contributed by atoms with Gasteiger partial charge in [0, 0.05) is 11.6 Å². The molecule has 0 spiro atoms. The molecule has 29 heavy (non-hydrogen) atoms. The molecule has 0 saturated carbocycles. The van der Waals surface area contributed by atoms with Gasteiger partial charge in [-0.05, 0) is 41.7 Å². The zero-order chi connectivity index (χ0) is 21.6. The van der Waals surface area contributed by atoms with Crippen molar-refractivity contribution >= 4 is 17.8 Å². The summed E-state index contributed by atoms with van der Waals surface area (Å²) < 4.78 is 33.7. The molecule has 0 unspecified atom stereocenters. The van der Waals surface area contributed by atoms with Gasteiger partial charge in [0.05, 0.1) is 0 Å². The fraction of sp³-hybridized carbons (Fsp3) is 0.304. The number of Topliss-reactive ketones (excluding diaryl/α,β-unsaturated/α-hetero) is 1. The van der Waals surface area contributed by atoms with Gasteiger partial charge in [0.15, 0.2) is 6.10 Å². The normalized spacial score (nSPS) is 12.8. The number of benzene rings is 2. The van der Waals surface area contributed by atoms with Crippen molar-refractivity contribution in [3.8, 4) is 5.75 Å². The first-order chi connectivity index (χ1) is 13.6. The minimum Gasteiger partial charge on any atom is -0.451 e. The number of carbonyl (C=O) groups excluding carboxylic acids is 2. The Hall–Kier alpha value is -3.02. The molecule has 0 fully saturated rings. The van der Waals surface area contributed by atoms with E-state index in [1.807, 2.05) is 12.1 Å². The van der Waals surface area contributed by atoms with Crippen molar-refractivity contribution in [2.24, 2.45) is 0 Å². The van der Waals surface area contributed by atoms with Gasteiger partial charge in [-0.1, -0.05) is 57.2 Å². The summed E-state index contributed by atoms with van der Waals surface area (Å²) in [6, 6.07) is 13.0. The quantitative estimate of drug-likeness (QED) is 0.353. The molecule has 0 N–H and O–H groups in total. The number of ketones is 1. The summed E-state index contributed by atoms with van der Waals surface area (Å²) in [4.78, 5) is 24.4. The maximum atomic E-state index is 12.5. The largest absolute Gasteiger partial charge is 0.451 e. The van der Waals surface area contributed by atoms with E-state index in [4.69, 9.17) is 4.74 Å². The molecular weight excluding hydrogens is 378 g/mol. The number of alkyl halides is 2. The summed E-state index contributed by atoms with van der Waals surface area (Å²) in [5.41, 5.74) is 2.15. The zero-order valence-electron chi connectivity index (χ0n) is 16.8. The predicted octanol–water partition coefficient (Wildman–Crippen LogP) is 5.41. The molecule has 0 aromatic heterocycles. The van der Waals surface area contributed by atoms with Crippen LogP contribution in [0.4, 0.5) is 8.78 Å². The molecule has 0 aliphatic heterocycles. The molecule has 0 saturated heterocycles. The van der Waals surface area contributed by atoms with Crippen molar-refractivity contribution in [1.82, 2.24) is 0 Å². The third kappa shape index (κ3) is 6.82. The van der Waals surface area contributed by atoms with Gasteiger partial charge < -0.3 is 9.47 Å². The summed E-state index contributed by atoms with van der Waals surface area (Å²) in [5, 5.41) is 0. The Bertz CT molecular complexity index is 863. The van der Waals surface area contributed by atoms with E-state index in [9.17, 15) is 18.4 Å². The Labute approximate surface area is 169 Å². The van der Waals surface area contributed by atoms with Crippen LogP contribution in [0.5, 0.6) is 5.75 Å². The number of halogens is 2. The van der Waals surface area contributed by atoms with Gasteiger partial charge in [-0.25, -0.2) is 4.79 Å². The lowest BCUT2D eigenvalue weighted by molar-refractivity contribution is -0.140. The van der Waals surface area contributed by atoms with Crippen LogP contribution in [-0.4, -0.2) is 24.5 Å². The van der Waals surface area contributed by atoms with Crippen molar-refractivity contribution < 1.29 is 27.8 Å². The topological polar surface area (TPSA) is 52.6 Å². The SMILES string of the molecule is C[C@H](OC(=O)/C=C/c1ccc(OC(F)F)cc1)C(=O)c1ccc(C(C)(C)C)cc1. The molecule has 0 amide bonds. The van der Waals surface area contributed by atoms with Crippen molar-refractivity contribution in [1.29, 1.82) is 0 Å². The molecule has 0 radical (unpaired) electrons. The molecule has 0 bridgehead atoms. The summed E-state index contributed by atoms with van der Waals surface area (Å²) in [6.45, 7) is 4.87. The summed E-state index contributed by atoms with van der Waals surface area (Å²) in [7, 11) is 0. The third-order valence-corrected chi connectivity index (χ3v) is 4.21. The van der Waals surface area contributed by atoms with Crippen LogP contribution < -0.4 is 4.74 Å². The average molecular weight is 402 g/mol. The van der Waals surface area contributed by atoms with E-state index in [1.54, 1.807) is 12.1 Å². The van der Waals surface area contributed by atoms with Crippen molar-refractivity contribution in [2.75, 3.05) is 0 Å². The Kier molecular flexibility index (Phi) is 7.26. The molecule has 0 heterocycles. The highest BCUT2D eigenvalue weighted by atomic mass is 19.3. The Balaban J connectivity index is 1.94. The maximum absolute atomic E-state index is 12.5. The van der Waals surface area contributed by atoms with E-state index in [2.05, 4.69) is 25.5 Å². The van der Waals surface area contributed by atoms with Crippen molar-refractivity contribution in [3.05, 3.63) is 71.3 Å². The van der Waals surface area contributed by atoms with Gasteiger partial charge in [0.2, 0.25) is 5.78 Å². The van der Waals surface area contributed by atoms with Crippen LogP contribution in [0.3, 0.4) is 0 Å². The zero-order valence-corrected chi connectivity index (χ0v) is 16.8. The second kappa shape index (κ2) is 9.45. The number of ether oxygens (including phenoxy) is 2. The lowest BCUT2D eigenvalue weighted by Gasteiger charge is -2.19. The number of hydrogen-bond acceptors (Lipinski definition) is 4. The number of esters is 1. The van der Waals surface area contributed by atoms with E-state index in [1.165, 1.54) is 43.3 Å². The van der Waals surface area contributed by atoms with E-state index in [0.717, 1.165) is 5.56 Å². The van der Waals surface area contributed by atoms with Gasteiger partial charge in [-0.15, -0.1) is 0 Å². The summed E-state index contributed by atoms with van der Waals surface area (Å²) >= 11 is 0. The Morgan fingerprint density at radius 2 is 1.55 bits per heavy atom. The highest BCUT2D eigenvalue weighted by Gasteiger charge is 2.20. The monoisotopic (exact) mass is 402 g/mol. The second-order valence-corrected chi connectivity index (χ2v) is 7.55. The molecule has 0 aliphatic carbocycles. The molecule has 2 rings (SSSR count). The number of carbonyl (C=O) groups is 2. The first-order valence-corrected chi connectivity index (χ1v) is 9.14. The average Bonchev–Trinajstić information content (AvgIpc) is 2.66. The van der Waals surface area contributed by atoms with Gasteiger partial charge in [0.1, 0.15) is 5.75 Å². The summed E-state index contributed by atoms with van der Waals surface area (Å²) in [6.07, 6.45) is 1.70. The maximum Gasteiger partial charge on any atom is 0.387 e. The molecule has 1 atom stereocenters. The van der Waals surface area contributed by atoms with Crippen LogP contribution in [0.15, 0.2) is 54.6 Å². The molecular formula is C23H24F2O4. The van der Waals surface area contributed by atoms with Gasteiger partial charge in [-0.2, -0.15) is 8.78 Å². The molecule has 154 valence electrons. The fourth-order valence-electron chi connectivity index (χ4n) is 2.56. The number of rotatable bonds is 7. The van der Waals surface area contributed by atoms with Crippen LogP contribution in [0, 0.1) is 0 Å². The molecule has 6 heteroatoms. The minimum atomic E-state index is -2.89. The Morgan fingerprint density at radius 3 is 2.07 bits per heavy atom. The number of hydrogen-bond donors (Lipinski definition) is 0. The lowest BCUT2D eigenvalue weighted by Crippen LogP contribution is -2.23. The van der Waals surface area contributed by atoms with Gasteiger partial charge >= 0.3 is 12.6 Å². The van der Waals surface area contributed by atoms with Crippen molar-refractivity contribution in [2.45, 2.75) is 45.8 Å². The third-order valence-electron chi connectivity index (χ3n) is 4.21. The van der Waals surface area contributed by atoms with E-state index < -0.39 is 18.7 Å².